The number of phenols is 2. The van der Waals surface area contributed by atoms with E-state index in [0.717, 1.165) is 12.0 Å². The quantitative estimate of drug-likeness (QED) is 0.822. The normalized spacial score (nSPS) is 11.8. The van der Waals surface area contributed by atoms with Crippen molar-refractivity contribution in [3.05, 3.63) is 23.1 Å². The van der Waals surface area contributed by atoms with Gasteiger partial charge in [0, 0.05) is 12.5 Å². The Morgan fingerprint density at radius 2 is 1.85 bits per heavy atom. The smallest absolute Gasteiger partial charge is 0.223 e. The first-order chi connectivity index (χ1) is 9.19. The first-order valence-electron chi connectivity index (χ1n) is 6.54. The molecule has 5 nitrogen and oxygen atoms in total. The van der Waals surface area contributed by atoms with Gasteiger partial charge in [0.15, 0.2) is 11.5 Å². The average molecular weight is 276 g/mol. The molecule has 0 saturated heterocycles. The second-order valence-corrected chi connectivity index (χ2v) is 6.27. The summed E-state index contributed by atoms with van der Waals surface area (Å²) in [4.78, 5) is 4.21. The summed E-state index contributed by atoms with van der Waals surface area (Å²) in [6, 6.07) is 1.49. The fourth-order valence-corrected chi connectivity index (χ4v) is 2.20. The largest absolute Gasteiger partial charge is 0.504 e. The molecule has 0 aliphatic heterocycles. The average Bonchev–Trinajstić information content (AvgIpc) is 2.75. The molecule has 1 heterocycles. The van der Waals surface area contributed by atoms with E-state index in [1.807, 2.05) is 0 Å². The molecule has 2 N–H and O–H groups in total. The molecule has 2 rings (SSSR count). The standard InChI is InChI=1S/C15H20N2O3/c1-8-11(7-15(3,4)5)10(6-12(18)13(8)19)14-16-9(2)20-17-14/h6,18-19H,7H2,1-5H3. The van der Waals surface area contributed by atoms with Crippen LogP contribution >= 0.6 is 0 Å². The highest BCUT2D eigenvalue weighted by Crippen LogP contribution is 2.39. The van der Waals surface area contributed by atoms with Gasteiger partial charge in [-0.15, -0.1) is 0 Å². The molecule has 1 aromatic carbocycles. The van der Waals surface area contributed by atoms with Gasteiger partial charge in [-0.2, -0.15) is 4.98 Å². The summed E-state index contributed by atoms with van der Waals surface area (Å²) in [6.07, 6.45) is 0.732. The number of aryl methyl sites for hydroxylation is 1. The Bertz CT molecular complexity index is 639. The third kappa shape index (κ3) is 2.76. The van der Waals surface area contributed by atoms with Crippen LogP contribution in [0.2, 0.25) is 0 Å². The molecular weight excluding hydrogens is 256 g/mol. The minimum Gasteiger partial charge on any atom is -0.504 e. The molecule has 5 heteroatoms. The van der Waals surface area contributed by atoms with E-state index in [2.05, 4.69) is 30.9 Å². The van der Waals surface area contributed by atoms with Crippen molar-refractivity contribution in [3.8, 4) is 22.9 Å². The number of hydrogen-bond donors (Lipinski definition) is 2. The van der Waals surface area contributed by atoms with Gasteiger partial charge in [0.2, 0.25) is 11.7 Å². The highest BCUT2D eigenvalue weighted by atomic mass is 16.5. The van der Waals surface area contributed by atoms with Crippen LogP contribution in [0.15, 0.2) is 10.6 Å². The Morgan fingerprint density at radius 3 is 2.35 bits per heavy atom. The van der Waals surface area contributed by atoms with E-state index in [-0.39, 0.29) is 16.9 Å². The second kappa shape index (κ2) is 4.81. The zero-order valence-electron chi connectivity index (χ0n) is 12.5. The molecule has 0 atom stereocenters. The first kappa shape index (κ1) is 14.4. The summed E-state index contributed by atoms with van der Waals surface area (Å²) in [5.41, 5.74) is 2.30. The van der Waals surface area contributed by atoms with E-state index in [1.54, 1.807) is 13.8 Å². The highest BCUT2D eigenvalue weighted by molar-refractivity contribution is 5.68. The van der Waals surface area contributed by atoms with E-state index >= 15 is 0 Å². The van der Waals surface area contributed by atoms with Crippen LogP contribution in [0.25, 0.3) is 11.4 Å². The van der Waals surface area contributed by atoms with Crippen LogP contribution in [-0.2, 0) is 6.42 Å². The van der Waals surface area contributed by atoms with Crippen molar-refractivity contribution in [2.75, 3.05) is 0 Å². The summed E-state index contributed by atoms with van der Waals surface area (Å²) < 4.78 is 5.01. The predicted octanol–water partition coefficient (Wildman–Crippen LogP) is 3.35. The summed E-state index contributed by atoms with van der Waals surface area (Å²) in [7, 11) is 0. The van der Waals surface area contributed by atoms with Crippen LogP contribution in [0.5, 0.6) is 11.5 Å². The van der Waals surface area contributed by atoms with Gasteiger partial charge >= 0.3 is 0 Å². The van der Waals surface area contributed by atoms with Gasteiger partial charge < -0.3 is 14.7 Å². The SMILES string of the molecule is Cc1nc(-c2cc(O)c(O)c(C)c2CC(C)(C)C)no1. The third-order valence-corrected chi connectivity index (χ3v) is 3.13. The van der Waals surface area contributed by atoms with Crippen LogP contribution in [0, 0.1) is 19.3 Å². The van der Waals surface area contributed by atoms with Gasteiger partial charge in [0.1, 0.15) is 0 Å². The van der Waals surface area contributed by atoms with Crippen LogP contribution in [0.4, 0.5) is 0 Å². The molecular formula is C15H20N2O3. The fourth-order valence-electron chi connectivity index (χ4n) is 2.20. The Hall–Kier alpha value is -2.04. The zero-order chi connectivity index (χ0) is 15.1. The lowest BCUT2D eigenvalue weighted by atomic mass is 9.83. The molecule has 0 radical (unpaired) electrons. The summed E-state index contributed by atoms with van der Waals surface area (Å²) >= 11 is 0. The van der Waals surface area contributed by atoms with E-state index in [1.165, 1.54) is 6.07 Å². The number of rotatable bonds is 2. The predicted molar refractivity (Wildman–Crippen MR) is 75.7 cm³/mol. The fraction of sp³-hybridized carbons (Fsp3) is 0.467. The molecule has 108 valence electrons. The van der Waals surface area contributed by atoms with Crippen molar-refractivity contribution < 1.29 is 14.7 Å². The monoisotopic (exact) mass is 276 g/mol. The minimum absolute atomic E-state index is 0.0295. The van der Waals surface area contributed by atoms with Crippen molar-refractivity contribution in [2.24, 2.45) is 5.41 Å². The van der Waals surface area contributed by atoms with E-state index < -0.39 is 0 Å². The molecule has 0 aliphatic carbocycles. The van der Waals surface area contributed by atoms with Gasteiger partial charge in [-0.05, 0) is 36.0 Å². The maximum atomic E-state index is 9.95. The van der Waals surface area contributed by atoms with Crippen LogP contribution in [0.3, 0.4) is 0 Å². The van der Waals surface area contributed by atoms with Gasteiger partial charge in [-0.25, -0.2) is 0 Å². The van der Waals surface area contributed by atoms with Crippen LogP contribution in [0.1, 0.15) is 37.8 Å². The van der Waals surface area contributed by atoms with Crippen molar-refractivity contribution in [1.29, 1.82) is 0 Å². The minimum atomic E-state index is -0.169. The van der Waals surface area contributed by atoms with Gasteiger partial charge in [0.05, 0.1) is 0 Å². The molecule has 0 unspecified atom stereocenters. The van der Waals surface area contributed by atoms with Gasteiger partial charge in [-0.1, -0.05) is 25.9 Å². The zero-order valence-corrected chi connectivity index (χ0v) is 12.5. The maximum Gasteiger partial charge on any atom is 0.223 e. The molecule has 2 aromatic rings. The molecule has 0 saturated carbocycles. The number of phenolic OH excluding ortho intramolecular Hbond substituents is 2. The van der Waals surface area contributed by atoms with Crippen molar-refractivity contribution in [1.82, 2.24) is 10.1 Å². The van der Waals surface area contributed by atoms with Crippen molar-refractivity contribution >= 4 is 0 Å². The highest BCUT2D eigenvalue weighted by Gasteiger charge is 2.22. The molecule has 0 bridgehead atoms. The van der Waals surface area contributed by atoms with E-state index in [9.17, 15) is 10.2 Å². The number of aromatic nitrogens is 2. The first-order valence-corrected chi connectivity index (χ1v) is 6.54. The second-order valence-electron chi connectivity index (χ2n) is 6.27. The number of hydrogen-bond acceptors (Lipinski definition) is 5. The Labute approximate surface area is 118 Å². The molecule has 0 fully saturated rings. The van der Waals surface area contributed by atoms with Crippen molar-refractivity contribution in [2.45, 2.75) is 41.0 Å². The molecule has 20 heavy (non-hydrogen) atoms. The molecule has 0 aliphatic rings. The Morgan fingerprint density at radius 1 is 1.20 bits per heavy atom. The molecule has 1 aromatic heterocycles. The van der Waals surface area contributed by atoms with E-state index in [4.69, 9.17) is 4.52 Å². The van der Waals surface area contributed by atoms with E-state index in [0.29, 0.717) is 22.8 Å². The van der Waals surface area contributed by atoms with Crippen molar-refractivity contribution in [3.63, 3.8) is 0 Å². The Balaban J connectivity index is 2.66. The molecule has 0 spiro atoms. The summed E-state index contributed by atoms with van der Waals surface area (Å²) in [5, 5.41) is 23.7. The topological polar surface area (TPSA) is 79.4 Å². The number of nitrogens with zero attached hydrogens (tertiary/aromatic N) is 2. The molecule has 0 amide bonds. The maximum absolute atomic E-state index is 9.95. The lowest BCUT2D eigenvalue weighted by molar-refractivity contribution is 0.389. The number of aromatic hydroxyl groups is 2. The van der Waals surface area contributed by atoms with Crippen LogP contribution in [-0.4, -0.2) is 20.4 Å². The number of benzene rings is 1. The lowest BCUT2D eigenvalue weighted by Crippen LogP contribution is -2.11. The Kier molecular flexibility index (Phi) is 3.46. The van der Waals surface area contributed by atoms with Gasteiger partial charge in [0.25, 0.3) is 0 Å². The summed E-state index contributed by atoms with van der Waals surface area (Å²) in [5.74, 6) is 0.637. The lowest BCUT2D eigenvalue weighted by Gasteiger charge is -2.22. The van der Waals surface area contributed by atoms with Gasteiger partial charge in [-0.3, -0.25) is 0 Å². The third-order valence-electron chi connectivity index (χ3n) is 3.13. The van der Waals surface area contributed by atoms with Crippen LogP contribution < -0.4 is 0 Å². The summed E-state index contributed by atoms with van der Waals surface area (Å²) in [6.45, 7) is 9.84.